The van der Waals surface area contributed by atoms with Crippen LogP contribution in [0.3, 0.4) is 0 Å². The van der Waals surface area contributed by atoms with Gasteiger partial charge in [-0.25, -0.2) is 0 Å². The van der Waals surface area contributed by atoms with E-state index in [0.29, 0.717) is 12.2 Å². The predicted molar refractivity (Wildman–Crippen MR) is 70.4 cm³/mol. The van der Waals surface area contributed by atoms with E-state index < -0.39 is 6.36 Å². The molecule has 3 atom stereocenters. The summed E-state index contributed by atoms with van der Waals surface area (Å²) >= 11 is 0. The van der Waals surface area contributed by atoms with Gasteiger partial charge in [0, 0.05) is 18.2 Å². The second-order valence-electron chi connectivity index (χ2n) is 6.24. The molecule has 0 aromatic heterocycles. The van der Waals surface area contributed by atoms with Crippen LogP contribution in [0.2, 0.25) is 0 Å². The smallest absolute Gasteiger partial charge is 0.406 e. The predicted octanol–water partition coefficient (Wildman–Crippen LogP) is 2.73. The van der Waals surface area contributed by atoms with Crippen molar-refractivity contribution < 1.29 is 27.4 Å². The van der Waals surface area contributed by atoms with Gasteiger partial charge in [-0.15, -0.1) is 13.2 Å². The van der Waals surface area contributed by atoms with E-state index in [1.165, 1.54) is 24.3 Å². The van der Waals surface area contributed by atoms with Crippen molar-refractivity contribution in [2.45, 2.75) is 24.8 Å². The summed E-state index contributed by atoms with van der Waals surface area (Å²) in [7, 11) is 0. The molecule has 0 N–H and O–H groups in total. The number of fused-ring (bicyclic) bond motifs is 1. The van der Waals surface area contributed by atoms with E-state index in [4.69, 9.17) is 4.74 Å². The minimum atomic E-state index is -4.71. The minimum absolute atomic E-state index is 0.0198. The Labute approximate surface area is 124 Å². The van der Waals surface area contributed by atoms with Crippen molar-refractivity contribution in [1.82, 2.24) is 0 Å². The normalized spacial score (nSPS) is 33.4. The molecule has 2 heterocycles. The molecule has 1 aromatic rings. The zero-order valence-corrected chi connectivity index (χ0v) is 11.6. The molecule has 1 saturated carbocycles. The number of halogens is 3. The van der Waals surface area contributed by atoms with Crippen LogP contribution in [-0.4, -0.2) is 31.0 Å². The molecule has 3 fully saturated rings. The second kappa shape index (κ2) is 4.38. The first-order valence-corrected chi connectivity index (χ1v) is 7.16. The summed E-state index contributed by atoms with van der Waals surface area (Å²) < 4.78 is 45.7. The van der Waals surface area contributed by atoms with Crippen LogP contribution in [0.25, 0.3) is 0 Å². The number of hydrogen-bond donors (Lipinski definition) is 0. The van der Waals surface area contributed by atoms with E-state index in [-0.39, 0.29) is 29.1 Å². The van der Waals surface area contributed by atoms with E-state index >= 15 is 0 Å². The van der Waals surface area contributed by atoms with Crippen molar-refractivity contribution in [1.29, 1.82) is 0 Å². The van der Waals surface area contributed by atoms with Crippen molar-refractivity contribution in [2.75, 3.05) is 18.1 Å². The van der Waals surface area contributed by atoms with E-state index in [1.54, 1.807) is 4.90 Å². The van der Waals surface area contributed by atoms with Crippen molar-refractivity contribution in [2.24, 2.45) is 11.8 Å². The maximum atomic E-state index is 12.5. The average Bonchev–Trinajstić information content (AvgIpc) is 2.98. The maximum absolute atomic E-state index is 12.5. The summed E-state index contributed by atoms with van der Waals surface area (Å²) in [4.78, 5) is 14.1. The number of hydrogen-bond acceptors (Lipinski definition) is 3. The molecule has 4 rings (SSSR count). The molecule has 1 amide bonds. The minimum Gasteiger partial charge on any atom is -0.406 e. The van der Waals surface area contributed by atoms with E-state index in [1.807, 2.05) is 0 Å². The highest BCUT2D eigenvalue weighted by Gasteiger charge is 2.60. The number of amides is 1. The number of carbonyl (C=O) groups excluding carboxylic acids is 1. The molecule has 22 heavy (non-hydrogen) atoms. The Bertz CT molecular complexity index is 609. The fourth-order valence-corrected chi connectivity index (χ4v) is 3.67. The van der Waals surface area contributed by atoms with Gasteiger partial charge < -0.3 is 14.4 Å². The summed E-state index contributed by atoms with van der Waals surface area (Å²) in [5.74, 6) is 0.0185. The number of ether oxygens (including phenoxy) is 2. The molecule has 0 bridgehead atoms. The quantitative estimate of drug-likeness (QED) is 0.789. The third kappa shape index (κ3) is 2.33. The van der Waals surface area contributed by atoms with Crippen LogP contribution >= 0.6 is 0 Å². The number of carbonyl (C=O) groups is 1. The molecule has 1 aliphatic carbocycles. The lowest BCUT2D eigenvalue weighted by Gasteiger charge is -2.19. The van der Waals surface area contributed by atoms with Gasteiger partial charge in [0.1, 0.15) is 5.75 Å². The molecular formula is C15H14F3NO3. The van der Waals surface area contributed by atoms with Gasteiger partial charge >= 0.3 is 6.36 Å². The Balaban J connectivity index is 1.48. The lowest BCUT2D eigenvalue weighted by Crippen LogP contribution is -2.28. The number of alkyl halides is 3. The number of nitrogens with zero attached hydrogens (tertiary/aromatic N) is 1. The lowest BCUT2D eigenvalue weighted by atomic mass is 10.0. The van der Waals surface area contributed by atoms with Crippen molar-refractivity contribution in [3.63, 3.8) is 0 Å². The molecule has 2 aliphatic heterocycles. The zero-order valence-electron chi connectivity index (χ0n) is 11.6. The first-order chi connectivity index (χ1) is 10.4. The van der Waals surface area contributed by atoms with Crippen LogP contribution in [0.1, 0.15) is 12.8 Å². The molecule has 2 saturated heterocycles. The number of anilines is 1. The topological polar surface area (TPSA) is 42.1 Å². The summed E-state index contributed by atoms with van der Waals surface area (Å²) in [6, 6.07) is 5.44. The Morgan fingerprint density at radius 3 is 2.45 bits per heavy atom. The number of epoxide rings is 1. The summed E-state index contributed by atoms with van der Waals surface area (Å²) in [5.41, 5.74) is 0.557. The van der Waals surface area contributed by atoms with Gasteiger partial charge in [0.15, 0.2) is 0 Å². The Morgan fingerprint density at radius 1 is 1.23 bits per heavy atom. The van der Waals surface area contributed by atoms with Gasteiger partial charge in [-0.2, -0.15) is 0 Å². The molecular weight excluding hydrogens is 299 g/mol. The zero-order chi connectivity index (χ0) is 15.5. The number of rotatable bonds is 2. The summed E-state index contributed by atoms with van der Waals surface area (Å²) in [6.07, 6.45) is -3.04. The monoisotopic (exact) mass is 313 g/mol. The molecule has 1 aromatic carbocycles. The van der Waals surface area contributed by atoms with Crippen molar-refractivity contribution in [3.8, 4) is 5.75 Å². The number of benzene rings is 1. The Kier molecular flexibility index (Phi) is 2.76. The molecule has 4 nitrogen and oxygen atoms in total. The SMILES string of the molecule is O=C1[C@H]2C[C@@]3(CO3)C[C@H]2CN1c1ccc(OC(F)(F)F)cc1. The maximum Gasteiger partial charge on any atom is 0.573 e. The largest absolute Gasteiger partial charge is 0.573 e. The second-order valence-corrected chi connectivity index (χ2v) is 6.24. The standard InChI is InChI=1S/C15H14F3NO3/c16-15(17,18)22-11-3-1-10(2-4-11)19-7-9-5-14(8-21-14)6-12(9)13(19)20/h1-4,9,12H,5-8H2/t9-,12-,14+/m0/s1. The van der Waals surface area contributed by atoms with Gasteiger partial charge in [0.05, 0.1) is 12.2 Å². The Hall–Kier alpha value is -1.76. The van der Waals surface area contributed by atoms with Crippen LogP contribution in [0.5, 0.6) is 5.75 Å². The van der Waals surface area contributed by atoms with Gasteiger partial charge in [0.25, 0.3) is 0 Å². The van der Waals surface area contributed by atoms with Crippen LogP contribution in [-0.2, 0) is 9.53 Å². The fraction of sp³-hybridized carbons (Fsp3) is 0.533. The van der Waals surface area contributed by atoms with Crippen molar-refractivity contribution >= 4 is 11.6 Å². The molecule has 0 unspecified atom stereocenters. The molecule has 1 spiro atoms. The first-order valence-electron chi connectivity index (χ1n) is 7.16. The van der Waals surface area contributed by atoms with Crippen LogP contribution in [0.15, 0.2) is 24.3 Å². The molecule has 3 aliphatic rings. The molecule has 7 heteroatoms. The van der Waals surface area contributed by atoms with Crippen LogP contribution in [0, 0.1) is 11.8 Å². The Morgan fingerprint density at radius 2 is 1.91 bits per heavy atom. The third-order valence-corrected chi connectivity index (χ3v) is 4.73. The van der Waals surface area contributed by atoms with Crippen LogP contribution in [0.4, 0.5) is 18.9 Å². The third-order valence-electron chi connectivity index (χ3n) is 4.73. The highest BCUT2D eigenvalue weighted by molar-refractivity contribution is 5.98. The van der Waals surface area contributed by atoms with Gasteiger partial charge in [-0.05, 0) is 43.0 Å². The highest BCUT2D eigenvalue weighted by Crippen LogP contribution is 2.53. The highest BCUT2D eigenvalue weighted by atomic mass is 19.4. The summed E-state index contributed by atoms with van der Waals surface area (Å²) in [5, 5.41) is 0. The van der Waals surface area contributed by atoms with E-state index in [9.17, 15) is 18.0 Å². The van der Waals surface area contributed by atoms with Gasteiger partial charge in [-0.3, -0.25) is 4.79 Å². The summed E-state index contributed by atoms with van der Waals surface area (Å²) in [6.45, 7) is 1.35. The van der Waals surface area contributed by atoms with Gasteiger partial charge in [-0.1, -0.05) is 0 Å². The fourth-order valence-electron chi connectivity index (χ4n) is 3.67. The first kappa shape index (κ1) is 13.9. The van der Waals surface area contributed by atoms with E-state index in [2.05, 4.69) is 4.74 Å². The average molecular weight is 313 g/mol. The van der Waals surface area contributed by atoms with Crippen LogP contribution < -0.4 is 9.64 Å². The lowest BCUT2D eigenvalue weighted by molar-refractivity contribution is -0.274. The molecule has 118 valence electrons. The van der Waals surface area contributed by atoms with Gasteiger partial charge in [0.2, 0.25) is 5.91 Å². The van der Waals surface area contributed by atoms with Crippen molar-refractivity contribution in [3.05, 3.63) is 24.3 Å². The molecule has 0 radical (unpaired) electrons. The van der Waals surface area contributed by atoms with E-state index in [0.717, 1.165) is 19.4 Å².